The Balaban J connectivity index is 1.64. The monoisotopic (exact) mass is 459 g/mol. The lowest BCUT2D eigenvalue weighted by Gasteiger charge is -2.44. The number of nitrogens with zero attached hydrogens (tertiary/aromatic N) is 4. The van der Waals surface area contributed by atoms with E-state index in [4.69, 9.17) is 5.26 Å². The number of anilines is 1. The van der Waals surface area contributed by atoms with Crippen LogP contribution in [0.1, 0.15) is 61.1 Å². The van der Waals surface area contributed by atoms with E-state index in [1.54, 1.807) is 11.0 Å². The van der Waals surface area contributed by atoms with E-state index >= 15 is 0 Å². The summed E-state index contributed by atoms with van der Waals surface area (Å²) in [6, 6.07) is 10.7. The molecule has 4 rings (SSSR count). The number of carboxylic acid groups (broad SMARTS) is 1. The van der Waals surface area contributed by atoms with Crippen molar-refractivity contribution in [1.29, 1.82) is 5.26 Å². The molecule has 1 fully saturated rings. The number of amides is 2. The molecule has 0 radical (unpaired) electrons. The highest BCUT2D eigenvalue weighted by atomic mass is 16.4. The molecule has 34 heavy (non-hydrogen) atoms. The first kappa shape index (κ1) is 23.3. The highest BCUT2D eigenvalue weighted by Crippen LogP contribution is 2.41. The fourth-order valence-electron chi connectivity index (χ4n) is 4.94. The zero-order valence-corrected chi connectivity index (χ0v) is 19.9. The second-order valence-electron chi connectivity index (χ2n) is 10.0. The fraction of sp³-hybridized carbons (Fsp3) is 0.385. The number of hydrogen-bond donors (Lipinski definition) is 2. The van der Waals surface area contributed by atoms with Gasteiger partial charge in [0, 0.05) is 48.6 Å². The summed E-state index contributed by atoms with van der Waals surface area (Å²) in [7, 11) is 2.00. The maximum atomic E-state index is 12.7. The number of aromatic nitrogens is 2. The van der Waals surface area contributed by atoms with Crippen LogP contribution in [0.2, 0.25) is 0 Å². The summed E-state index contributed by atoms with van der Waals surface area (Å²) in [6.07, 6.45) is 4.20. The van der Waals surface area contributed by atoms with Crippen LogP contribution in [0.5, 0.6) is 0 Å². The molecule has 1 saturated heterocycles. The number of nitrogens with one attached hydrogen (secondary N) is 1. The van der Waals surface area contributed by atoms with Crippen LogP contribution < -0.4 is 5.32 Å². The minimum Gasteiger partial charge on any atom is -0.465 e. The Bertz CT molecular complexity index is 1300. The van der Waals surface area contributed by atoms with Crippen LogP contribution in [0.3, 0.4) is 0 Å². The second-order valence-corrected chi connectivity index (χ2v) is 10.0. The summed E-state index contributed by atoms with van der Waals surface area (Å²) in [5.74, 6) is -0.167. The Hall–Kier alpha value is -3.86. The number of pyridine rings is 1. The molecule has 2 aromatic heterocycles. The molecule has 8 heteroatoms. The van der Waals surface area contributed by atoms with Crippen LogP contribution >= 0.6 is 0 Å². The SMILES string of the molecule is Cn1cc(C2CCN(C(=O)O)C(C(C)(C)C)C2)c2cc(NC(=O)c3cc(C#N)ccn3)ccc21. The molecule has 8 nitrogen and oxygen atoms in total. The lowest BCUT2D eigenvalue weighted by Crippen LogP contribution is -2.51. The van der Waals surface area contributed by atoms with Gasteiger partial charge in [-0.1, -0.05) is 20.8 Å². The third-order valence-electron chi connectivity index (χ3n) is 6.69. The molecule has 2 amide bonds. The number of carbonyl (C=O) groups excluding carboxylic acids is 1. The Morgan fingerprint density at radius 1 is 1.24 bits per heavy atom. The molecular weight excluding hydrogens is 430 g/mol. The quantitative estimate of drug-likeness (QED) is 0.574. The summed E-state index contributed by atoms with van der Waals surface area (Å²) in [5, 5.41) is 22.7. The van der Waals surface area contributed by atoms with E-state index in [0.717, 1.165) is 29.3 Å². The lowest BCUT2D eigenvalue weighted by molar-refractivity contribution is 0.0527. The predicted octanol–water partition coefficient (Wildman–Crippen LogP) is 4.97. The first-order valence-electron chi connectivity index (χ1n) is 11.3. The molecule has 2 atom stereocenters. The van der Waals surface area contributed by atoms with Crippen molar-refractivity contribution < 1.29 is 14.7 Å². The molecular formula is C26H29N5O3. The van der Waals surface area contributed by atoms with Crippen molar-refractivity contribution in [3.05, 3.63) is 59.5 Å². The Kier molecular flexibility index (Phi) is 6.05. The molecule has 1 aliphatic heterocycles. The number of likely N-dealkylation sites (tertiary alicyclic amines) is 1. The first-order chi connectivity index (χ1) is 16.1. The Labute approximate surface area is 198 Å². The number of nitriles is 1. The summed E-state index contributed by atoms with van der Waals surface area (Å²) in [6.45, 7) is 6.75. The average Bonchev–Trinajstić information content (AvgIpc) is 3.13. The van der Waals surface area contributed by atoms with Crippen molar-refractivity contribution in [1.82, 2.24) is 14.5 Å². The smallest absolute Gasteiger partial charge is 0.407 e. The Morgan fingerprint density at radius 3 is 2.68 bits per heavy atom. The van der Waals surface area contributed by atoms with Gasteiger partial charge in [0.15, 0.2) is 0 Å². The number of rotatable bonds is 3. The van der Waals surface area contributed by atoms with Gasteiger partial charge in [0.05, 0.1) is 11.6 Å². The topological polar surface area (TPSA) is 111 Å². The van der Waals surface area contributed by atoms with Gasteiger partial charge in [0.25, 0.3) is 5.91 Å². The number of aryl methyl sites for hydroxylation is 1. The highest BCUT2D eigenvalue weighted by Gasteiger charge is 2.39. The van der Waals surface area contributed by atoms with Crippen LogP contribution in [0.25, 0.3) is 10.9 Å². The van der Waals surface area contributed by atoms with Gasteiger partial charge >= 0.3 is 6.09 Å². The van der Waals surface area contributed by atoms with Gasteiger partial charge in [-0.3, -0.25) is 9.78 Å². The van der Waals surface area contributed by atoms with Gasteiger partial charge in [0.2, 0.25) is 0 Å². The van der Waals surface area contributed by atoms with E-state index in [9.17, 15) is 14.7 Å². The summed E-state index contributed by atoms with van der Waals surface area (Å²) >= 11 is 0. The number of carbonyl (C=O) groups is 2. The summed E-state index contributed by atoms with van der Waals surface area (Å²) in [5.41, 5.74) is 3.24. The van der Waals surface area contributed by atoms with E-state index in [1.165, 1.54) is 12.3 Å². The van der Waals surface area contributed by atoms with E-state index in [0.29, 0.717) is 17.8 Å². The van der Waals surface area contributed by atoms with E-state index in [2.05, 4.69) is 41.8 Å². The minimum absolute atomic E-state index is 0.0830. The molecule has 2 N–H and O–H groups in total. The van der Waals surface area contributed by atoms with Crippen molar-refractivity contribution in [3.63, 3.8) is 0 Å². The standard InChI is InChI=1S/C26H29N5O3/c1-26(2,3)23-12-17(8-10-31(23)25(33)34)20-15-30(4)22-6-5-18(13-19(20)22)29-24(32)21-11-16(14-27)7-9-28-21/h5-7,9,11,13,15,17,23H,8,10,12H2,1-4H3,(H,29,32)(H,33,34). The van der Waals surface area contributed by atoms with Crippen LogP contribution in [0.15, 0.2) is 42.7 Å². The predicted molar refractivity (Wildman–Crippen MR) is 130 cm³/mol. The number of hydrogen-bond acceptors (Lipinski definition) is 4. The molecule has 176 valence electrons. The molecule has 1 aromatic carbocycles. The zero-order valence-electron chi connectivity index (χ0n) is 19.9. The number of benzene rings is 1. The highest BCUT2D eigenvalue weighted by molar-refractivity contribution is 6.04. The fourth-order valence-corrected chi connectivity index (χ4v) is 4.94. The largest absolute Gasteiger partial charge is 0.465 e. The maximum absolute atomic E-state index is 12.7. The molecule has 0 bridgehead atoms. The average molecular weight is 460 g/mol. The van der Waals surface area contributed by atoms with Gasteiger partial charge in [-0.15, -0.1) is 0 Å². The van der Waals surface area contributed by atoms with Crippen molar-refractivity contribution in [2.45, 2.75) is 45.6 Å². The van der Waals surface area contributed by atoms with Crippen LogP contribution in [0, 0.1) is 16.7 Å². The van der Waals surface area contributed by atoms with Gasteiger partial charge in [0.1, 0.15) is 5.69 Å². The minimum atomic E-state index is -0.865. The van der Waals surface area contributed by atoms with E-state index < -0.39 is 6.09 Å². The molecule has 0 aliphatic carbocycles. The second kappa shape index (κ2) is 8.82. The molecule has 2 unspecified atom stereocenters. The molecule has 0 spiro atoms. The van der Waals surface area contributed by atoms with Crippen molar-refractivity contribution in [2.75, 3.05) is 11.9 Å². The van der Waals surface area contributed by atoms with Crippen molar-refractivity contribution >= 4 is 28.6 Å². The van der Waals surface area contributed by atoms with Crippen molar-refractivity contribution in [2.24, 2.45) is 12.5 Å². The maximum Gasteiger partial charge on any atom is 0.407 e. The van der Waals surface area contributed by atoms with Gasteiger partial charge in [-0.05, 0) is 60.1 Å². The molecule has 3 heterocycles. The first-order valence-corrected chi connectivity index (χ1v) is 11.3. The third kappa shape index (κ3) is 4.46. The van der Waals surface area contributed by atoms with Gasteiger partial charge < -0.3 is 19.9 Å². The molecule has 1 aliphatic rings. The van der Waals surface area contributed by atoms with Crippen LogP contribution in [-0.4, -0.2) is 44.1 Å². The number of piperidine rings is 1. The molecule has 0 saturated carbocycles. The summed E-state index contributed by atoms with van der Waals surface area (Å²) < 4.78 is 2.07. The van der Waals surface area contributed by atoms with Crippen LogP contribution in [-0.2, 0) is 7.05 Å². The third-order valence-corrected chi connectivity index (χ3v) is 6.69. The lowest BCUT2D eigenvalue weighted by atomic mass is 9.75. The zero-order chi connectivity index (χ0) is 24.6. The summed E-state index contributed by atoms with van der Waals surface area (Å²) in [4.78, 5) is 30.2. The number of fused-ring (bicyclic) bond motifs is 1. The van der Waals surface area contributed by atoms with Gasteiger partial charge in [-0.2, -0.15) is 5.26 Å². The van der Waals surface area contributed by atoms with Gasteiger partial charge in [-0.25, -0.2) is 4.79 Å². The van der Waals surface area contributed by atoms with Crippen molar-refractivity contribution in [3.8, 4) is 6.07 Å². The Morgan fingerprint density at radius 2 is 2.00 bits per heavy atom. The molecule has 3 aromatic rings. The van der Waals surface area contributed by atoms with Crippen LogP contribution in [0.4, 0.5) is 10.5 Å². The van der Waals surface area contributed by atoms with E-state index in [-0.39, 0.29) is 29.0 Å². The normalized spacial score (nSPS) is 18.5. The van der Waals surface area contributed by atoms with E-state index in [1.807, 2.05) is 31.3 Å².